The van der Waals surface area contributed by atoms with Crippen LogP contribution < -0.4 is 10.6 Å². The summed E-state index contributed by atoms with van der Waals surface area (Å²) in [5.41, 5.74) is 2.06. The van der Waals surface area contributed by atoms with Gasteiger partial charge in [0.05, 0.1) is 4.92 Å². The monoisotopic (exact) mass is 235 g/mol. The smallest absolute Gasteiger partial charge is 0.269 e. The van der Waals surface area contributed by atoms with Crippen LogP contribution >= 0.6 is 0 Å². The van der Waals surface area contributed by atoms with Gasteiger partial charge in [0.15, 0.2) is 0 Å². The largest absolute Gasteiger partial charge is 0.384 e. The first kappa shape index (κ1) is 11.9. The maximum Gasteiger partial charge on any atom is 0.269 e. The van der Waals surface area contributed by atoms with Crippen LogP contribution in [0.15, 0.2) is 18.2 Å². The number of nitro benzene ring substituents is 1. The van der Waals surface area contributed by atoms with Crippen LogP contribution in [0.1, 0.15) is 12.0 Å². The second-order valence-corrected chi connectivity index (χ2v) is 4.50. The number of non-ortho nitro benzene ring substituents is 1. The summed E-state index contributed by atoms with van der Waals surface area (Å²) in [6, 6.07) is 4.94. The van der Waals surface area contributed by atoms with Crippen LogP contribution in [0.25, 0.3) is 0 Å². The number of nitro groups is 1. The Balaban J connectivity index is 1.98. The Labute approximate surface area is 100 Å². The van der Waals surface area contributed by atoms with E-state index in [0.717, 1.165) is 30.9 Å². The lowest BCUT2D eigenvalue weighted by Gasteiger charge is -2.13. The summed E-state index contributed by atoms with van der Waals surface area (Å²) in [7, 11) is 0. The molecule has 1 aliphatic rings. The number of aryl methyl sites for hydroxylation is 1. The molecule has 5 nitrogen and oxygen atoms in total. The zero-order valence-electron chi connectivity index (χ0n) is 9.90. The Bertz CT molecular complexity index is 414. The van der Waals surface area contributed by atoms with Crippen molar-refractivity contribution in [2.45, 2.75) is 13.3 Å². The number of anilines is 1. The Hall–Kier alpha value is -1.62. The quantitative estimate of drug-likeness (QED) is 0.618. The SMILES string of the molecule is Cc1cc([N+](=O)[O-])ccc1NCC1CCNC1. The van der Waals surface area contributed by atoms with Crippen molar-refractivity contribution in [3.05, 3.63) is 33.9 Å². The summed E-state index contributed by atoms with van der Waals surface area (Å²) in [5.74, 6) is 0.657. The zero-order chi connectivity index (χ0) is 12.3. The van der Waals surface area contributed by atoms with E-state index in [1.165, 1.54) is 6.42 Å². The van der Waals surface area contributed by atoms with Gasteiger partial charge in [-0.25, -0.2) is 0 Å². The Kier molecular flexibility index (Phi) is 3.58. The molecule has 1 atom stereocenters. The van der Waals surface area contributed by atoms with Gasteiger partial charge in [-0.2, -0.15) is 0 Å². The molecule has 1 aromatic carbocycles. The highest BCUT2D eigenvalue weighted by Crippen LogP contribution is 2.21. The van der Waals surface area contributed by atoms with Gasteiger partial charge >= 0.3 is 0 Å². The van der Waals surface area contributed by atoms with Crippen molar-refractivity contribution in [2.24, 2.45) is 5.92 Å². The van der Waals surface area contributed by atoms with E-state index in [9.17, 15) is 10.1 Å². The molecule has 0 aromatic heterocycles. The third-order valence-electron chi connectivity index (χ3n) is 3.16. The van der Waals surface area contributed by atoms with E-state index < -0.39 is 0 Å². The van der Waals surface area contributed by atoms with Crippen LogP contribution in [-0.2, 0) is 0 Å². The van der Waals surface area contributed by atoms with Gasteiger partial charge in [-0.3, -0.25) is 10.1 Å². The van der Waals surface area contributed by atoms with Crippen LogP contribution in [0, 0.1) is 23.0 Å². The fourth-order valence-corrected chi connectivity index (χ4v) is 2.10. The van der Waals surface area contributed by atoms with Gasteiger partial charge in [0.25, 0.3) is 5.69 Å². The van der Waals surface area contributed by atoms with Crippen molar-refractivity contribution in [1.82, 2.24) is 5.32 Å². The van der Waals surface area contributed by atoms with Crippen LogP contribution in [0.4, 0.5) is 11.4 Å². The normalized spacial score (nSPS) is 19.2. The molecule has 0 aliphatic carbocycles. The molecule has 5 heteroatoms. The fraction of sp³-hybridized carbons (Fsp3) is 0.500. The highest BCUT2D eigenvalue weighted by molar-refractivity contribution is 5.55. The molecule has 1 heterocycles. The lowest BCUT2D eigenvalue weighted by atomic mass is 10.1. The maximum absolute atomic E-state index is 10.6. The van der Waals surface area contributed by atoms with Crippen molar-refractivity contribution in [1.29, 1.82) is 0 Å². The summed E-state index contributed by atoms with van der Waals surface area (Å²) in [6.07, 6.45) is 1.19. The van der Waals surface area contributed by atoms with Gasteiger partial charge in [-0.1, -0.05) is 0 Å². The molecule has 92 valence electrons. The van der Waals surface area contributed by atoms with Crippen LogP contribution in [-0.4, -0.2) is 24.6 Å². The molecule has 1 saturated heterocycles. The summed E-state index contributed by atoms with van der Waals surface area (Å²) < 4.78 is 0. The van der Waals surface area contributed by atoms with Gasteiger partial charge in [-0.05, 0) is 44.0 Å². The van der Waals surface area contributed by atoms with E-state index in [4.69, 9.17) is 0 Å². The average molecular weight is 235 g/mol. The molecule has 17 heavy (non-hydrogen) atoms. The average Bonchev–Trinajstić information content (AvgIpc) is 2.80. The second-order valence-electron chi connectivity index (χ2n) is 4.50. The molecule has 1 aromatic rings. The van der Waals surface area contributed by atoms with Gasteiger partial charge in [0.1, 0.15) is 0 Å². The molecule has 0 bridgehead atoms. The Morgan fingerprint density at radius 1 is 1.59 bits per heavy atom. The summed E-state index contributed by atoms with van der Waals surface area (Å²) in [4.78, 5) is 10.2. The summed E-state index contributed by atoms with van der Waals surface area (Å²) in [6.45, 7) is 4.96. The first-order valence-electron chi connectivity index (χ1n) is 5.86. The Morgan fingerprint density at radius 3 is 3.00 bits per heavy atom. The second kappa shape index (κ2) is 5.14. The minimum atomic E-state index is -0.363. The van der Waals surface area contributed by atoms with Gasteiger partial charge in [0, 0.05) is 24.4 Å². The topological polar surface area (TPSA) is 67.2 Å². The predicted octanol–water partition coefficient (Wildman–Crippen LogP) is 1.92. The third kappa shape index (κ3) is 2.94. The molecule has 0 amide bonds. The molecular weight excluding hydrogens is 218 g/mol. The molecule has 1 fully saturated rings. The molecule has 1 unspecified atom stereocenters. The van der Waals surface area contributed by atoms with Gasteiger partial charge in [-0.15, -0.1) is 0 Å². The van der Waals surface area contributed by atoms with E-state index in [-0.39, 0.29) is 10.6 Å². The van der Waals surface area contributed by atoms with Crippen molar-refractivity contribution in [3.8, 4) is 0 Å². The molecule has 2 rings (SSSR count). The van der Waals surface area contributed by atoms with E-state index in [2.05, 4.69) is 10.6 Å². The van der Waals surface area contributed by atoms with Crippen LogP contribution in [0.5, 0.6) is 0 Å². The molecular formula is C12H17N3O2. The van der Waals surface area contributed by atoms with Crippen molar-refractivity contribution < 1.29 is 4.92 Å². The summed E-state index contributed by atoms with van der Waals surface area (Å²) in [5, 5.41) is 17.3. The first-order valence-corrected chi connectivity index (χ1v) is 5.86. The van der Waals surface area contributed by atoms with Crippen molar-refractivity contribution in [3.63, 3.8) is 0 Å². The lowest BCUT2D eigenvalue weighted by Crippen LogP contribution is -2.17. The zero-order valence-corrected chi connectivity index (χ0v) is 9.90. The fourth-order valence-electron chi connectivity index (χ4n) is 2.10. The highest BCUT2D eigenvalue weighted by atomic mass is 16.6. The summed E-state index contributed by atoms with van der Waals surface area (Å²) >= 11 is 0. The minimum absolute atomic E-state index is 0.149. The molecule has 0 saturated carbocycles. The molecule has 0 spiro atoms. The van der Waals surface area contributed by atoms with E-state index >= 15 is 0 Å². The highest BCUT2D eigenvalue weighted by Gasteiger charge is 2.14. The van der Waals surface area contributed by atoms with E-state index in [0.29, 0.717) is 5.92 Å². The predicted molar refractivity (Wildman–Crippen MR) is 67.3 cm³/mol. The number of nitrogens with one attached hydrogen (secondary N) is 2. The number of rotatable bonds is 4. The number of benzene rings is 1. The van der Waals surface area contributed by atoms with Crippen molar-refractivity contribution >= 4 is 11.4 Å². The number of hydrogen-bond donors (Lipinski definition) is 2. The number of nitrogens with zero attached hydrogens (tertiary/aromatic N) is 1. The first-order chi connectivity index (χ1) is 8.16. The molecule has 0 radical (unpaired) electrons. The van der Waals surface area contributed by atoms with Crippen LogP contribution in [0.3, 0.4) is 0 Å². The van der Waals surface area contributed by atoms with Gasteiger partial charge in [0.2, 0.25) is 0 Å². The Morgan fingerprint density at radius 2 is 2.41 bits per heavy atom. The van der Waals surface area contributed by atoms with Crippen molar-refractivity contribution in [2.75, 3.05) is 25.0 Å². The standard InChI is InChI=1S/C12H17N3O2/c1-9-6-11(15(16)17)2-3-12(9)14-8-10-4-5-13-7-10/h2-3,6,10,13-14H,4-5,7-8H2,1H3. The maximum atomic E-state index is 10.6. The lowest BCUT2D eigenvalue weighted by molar-refractivity contribution is -0.384. The minimum Gasteiger partial charge on any atom is -0.384 e. The van der Waals surface area contributed by atoms with Crippen LogP contribution in [0.2, 0.25) is 0 Å². The number of hydrogen-bond acceptors (Lipinski definition) is 4. The molecule has 2 N–H and O–H groups in total. The van der Waals surface area contributed by atoms with E-state index in [1.54, 1.807) is 18.2 Å². The van der Waals surface area contributed by atoms with Gasteiger partial charge < -0.3 is 10.6 Å². The molecule has 1 aliphatic heterocycles. The third-order valence-corrected chi connectivity index (χ3v) is 3.16. The van der Waals surface area contributed by atoms with E-state index in [1.807, 2.05) is 6.92 Å².